The van der Waals surface area contributed by atoms with Gasteiger partial charge in [0.15, 0.2) is 0 Å². The number of hydrogen-bond donors (Lipinski definition) is 0. The van der Waals surface area contributed by atoms with E-state index in [2.05, 4.69) is 9.47 Å². The standard InChI is InChI=1S/C6H10O4/c1-5-4-10-6(7)9-3-2-8-5/h5H,2-4H2,1H3. The van der Waals surface area contributed by atoms with Gasteiger partial charge in [-0.05, 0) is 6.92 Å². The van der Waals surface area contributed by atoms with Gasteiger partial charge in [0, 0.05) is 0 Å². The Bertz CT molecular complexity index is 123. The van der Waals surface area contributed by atoms with Gasteiger partial charge in [-0.2, -0.15) is 0 Å². The van der Waals surface area contributed by atoms with E-state index in [1.54, 1.807) is 0 Å². The molecule has 1 aliphatic heterocycles. The van der Waals surface area contributed by atoms with Crippen molar-refractivity contribution in [2.24, 2.45) is 0 Å². The summed E-state index contributed by atoms with van der Waals surface area (Å²) in [6, 6.07) is 0. The smallest absolute Gasteiger partial charge is 0.432 e. The Morgan fingerprint density at radius 1 is 1.40 bits per heavy atom. The quantitative estimate of drug-likeness (QED) is 0.468. The zero-order valence-corrected chi connectivity index (χ0v) is 5.83. The zero-order chi connectivity index (χ0) is 7.40. The Morgan fingerprint density at radius 3 is 3.00 bits per heavy atom. The summed E-state index contributed by atoms with van der Waals surface area (Å²) in [5, 5.41) is 0. The Balaban J connectivity index is 2.29. The minimum absolute atomic E-state index is 0.0205. The minimum atomic E-state index is -0.602. The lowest BCUT2D eigenvalue weighted by Crippen LogP contribution is -2.25. The van der Waals surface area contributed by atoms with Gasteiger partial charge in [0.25, 0.3) is 0 Å². The molecule has 0 aliphatic carbocycles. The summed E-state index contributed by atoms with van der Waals surface area (Å²) < 4.78 is 14.3. The number of ether oxygens (including phenoxy) is 3. The molecule has 0 spiro atoms. The molecule has 10 heavy (non-hydrogen) atoms. The van der Waals surface area contributed by atoms with Gasteiger partial charge >= 0.3 is 6.16 Å². The van der Waals surface area contributed by atoms with Crippen LogP contribution in [0.2, 0.25) is 0 Å². The van der Waals surface area contributed by atoms with Crippen LogP contribution in [-0.4, -0.2) is 32.1 Å². The predicted octanol–water partition coefficient (Wildman–Crippen LogP) is 0.558. The summed E-state index contributed by atoms with van der Waals surface area (Å²) in [5.74, 6) is 0. The highest BCUT2D eigenvalue weighted by Gasteiger charge is 2.11. The lowest BCUT2D eigenvalue weighted by Gasteiger charge is -2.16. The Labute approximate surface area is 59.1 Å². The third-order valence-corrected chi connectivity index (χ3v) is 1.14. The monoisotopic (exact) mass is 146 g/mol. The molecule has 0 saturated carbocycles. The molecule has 1 aliphatic rings. The van der Waals surface area contributed by atoms with Crippen LogP contribution in [0.5, 0.6) is 0 Å². The lowest BCUT2D eigenvalue weighted by molar-refractivity contribution is -0.0523. The highest BCUT2D eigenvalue weighted by molar-refractivity contribution is 5.59. The zero-order valence-electron chi connectivity index (χ0n) is 5.83. The lowest BCUT2D eigenvalue weighted by atomic mass is 10.4. The second kappa shape index (κ2) is 3.41. The molecule has 0 aromatic rings. The van der Waals surface area contributed by atoms with Crippen LogP contribution in [-0.2, 0) is 14.2 Å². The summed E-state index contributed by atoms with van der Waals surface area (Å²) in [6.07, 6.45) is -0.622. The molecule has 1 rings (SSSR count). The van der Waals surface area contributed by atoms with Gasteiger partial charge in [0.2, 0.25) is 0 Å². The van der Waals surface area contributed by atoms with Gasteiger partial charge < -0.3 is 14.2 Å². The van der Waals surface area contributed by atoms with Crippen molar-refractivity contribution in [2.45, 2.75) is 13.0 Å². The normalized spacial score (nSPS) is 27.7. The van der Waals surface area contributed by atoms with E-state index >= 15 is 0 Å². The van der Waals surface area contributed by atoms with Gasteiger partial charge in [0.1, 0.15) is 13.2 Å². The first kappa shape index (κ1) is 7.34. The van der Waals surface area contributed by atoms with Crippen LogP contribution < -0.4 is 0 Å². The van der Waals surface area contributed by atoms with E-state index in [1.165, 1.54) is 0 Å². The maximum Gasteiger partial charge on any atom is 0.508 e. The SMILES string of the molecule is CC1COC(=O)OCCO1. The molecule has 1 saturated heterocycles. The molecular weight excluding hydrogens is 136 g/mol. The average molecular weight is 146 g/mol. The highest BCUT2D eigenvalue weighted by Crippen LogP contribution is 1.98. The highest BCUT2D eigenvalue weighted by atomic mass is 16.7. The molecule has 1 heterocycles. The molecule has 1 unspecified atom stereocenters. The van der Waals surface area contributed by atoms with Gasteiger partial charge in [0.05, 0.1) is 12.7 Å². The first-order valence-corrected chi connectivity index (χ1v) is 3.20. The van der Waals surface area contributed by atoms with E-state index in [-0.39, 0.29) is 19.3 Å². The molecule has 0 amide bonds. The van der Waals surface area contributed by atoms with E-state index in [9.17, 15) is 4.79 Å². The van der Waals surface area contributed by atoms with Gasteiger partial charge in [-0.1, -0.05) is 0 Å². The van der Waals surface area contributed by atoms with Crippen molar-refractivity contribution in [1.82, 2.24) is 0 Å². The Kier molecular flexibility index (Phi) is 2.50. The van der Waals surface area contributed by atoms with Crippen molar-refractivity contribution in [2.75, 3.05) is 19.8 Å². The summed E-state index contributed by atoms with van der Waals surface area (Å²) in [5.41, 5.74) is 0. The van der Waals surface area contributed by atoms with Crippen molar-refractivity contribution in [3.8, 4) is 0 Å². The van der Waals surface area contributed by atoms with Crippen LogP contribution >= 0.6 is 0 Å². The van der Waals surface area contributed by atoms with Crippen LogP contribution in [0.15, 0.2) is 0 Å². The second-order valence-electron chi connectivity index (χ2n) is 2.09. The number of carbonyl (C=O) groups excluding carboxylic acids is 1. The van der Waals surface area contributed by atoms with E-state index in [4.69, 9.17) is 4.74 Å². The molecule has 0 aromatic heterocycles. The molecule has 0 aromatic carbocycles. The van der Waals surface area contributed by atoms with E-state index in [0.717, 1.165) is 0 Å². The van der Waals surface area contributed by atoms with Gasteiger partial charge in [-0.25, -0.2) is 4.79 Å². The van der Waals surface area contributed by atoms with Crippen LogP contribution in [0.3, 0.4) is 0 Å². The predicted molar refractivity (Wildman–Crippen MR) is 32.7 cm³/mol. The molecular formula is C6H10O4. The molecule has 1 atom stereocenters. The van der Waals surface area contributed by atoms with Crippen LogP contribution in [0.25, 0.3) is 0 Å². The molecule has 4 heteroatoms. The number of hydrogen-bond acceptors (Lipinski definition) is 4. The first-order chi connectivity index (χ1) is 4.79. The number of carbonyl (C=O) groups is 1. The third-order valence-electron chi connectivity index (χ3n) is 1.14. The largest absolute Gasteiger partial charge is 0.508 e. The number of cyclic esters (lactones) is 2. The van der Waals surface area contributed by atoms with Crippen LogP contribution in [0.1, 0.15) is 6.92 Å². The summed E-state index contributed by atoms with van der Waals surface area (Å²) >= 11 is 0. The minimum Gasteiger partial charge on any atom is -0.432 e. The van der Waals surface area contributed by atoms with Gasteiger partial charge in [-0.15, -0.1) is 0 Å². The first-order valence-electron chi connectivity index (χ1n) is 3.20. The van der Waals surface area contributed by atoms with Crippen molar-refractivity contribution >= 4 is 6.16 Å². The molecule has 58 valence electrons. The van der Waals surface area contributed by atoms with Crippen LogP contribution in [0, 0.1) is 0 Å². The average Bonchev–Trinajstić information content (AvgIpc) is 1.90. The molecule has 1 fully saturated rings. The molecule has 0 N–H and O–H groups in total. The molecule has 0 bridgehead atoms. The van der Waals surface area contributed by atoms with Crippen molar-refractivity contribution in [1.29, 1.82) is 0 Å². The topological polar surface area (TPSA) is 44.8 Å². The van der Waals surface area contributed by atoms with Crippen molar-refractivity contribution in [3.05, 3.63) is 0 Å². The third kappa shape index (κ3) is 2.23. The summed E-state index contributed by atoms with van der Waals surface area (Å²) in [6.45, 7) is 2.86. The van der Waals surface area contributed by atoms with E-state index < -0.39 is 6.16 Å². The maximum atomic E-state index is 10.5. The number of rotatable bonds is 0. The van der Waals surface area contributed by atoms with Crippen LogP contribution in [0.4, 0.5) is 4.79 Å². The Hall–Kier alpha value is -0.770. The second-order valence-corrected chi connectivity index (χ2v) is 2.09. The van der Waals surface area contributed by atoms with Crippen molar-refractivity contribution < 1.29 is 19.0 Å². The Morgan fingerprint density at radius 2 is 2.20 bits per heavy atom. The fourth-order valence-electron chi connectivity index (χ4n) is 0.649. The molecule has 4 nitrogen and oxygen atoms in total. The summed E-state index contributed by atoms with van der Waals surface area (Å²) in [7, 11) is 0. The van der Waals surface area contributed by atoms with E-state index in [0.29, 0.717) is 6.61 Å². The van der Waals surface area contributed by atoms with Crippen molar-refractivity contribution in [3.63, 3.8) is 0 Å². The van der Waals surface area contributed by atoms with Gasteiger partial charge in [-0.3, -0.25) is 0 Å². The van der Waals surface area contributed by atoms with E-state index in [1.807, 2.05) is 6.92 Å². The fraction of sp³-hybridized carbons (Fsp3) is 0.833. The summed E-state index contributed by atoms with van der Waals surface area (Å²) in [4.78, 5) is 10.5. The molecule has 0 radical (unpaired) electrons. The fourth-order valence-corrected chi connectivity index (χ4v) is 0.649. The maximum absolute atomic E-state index is 10.5.